The molecule has 4 amide bonds. The Morgan fingerprint density at radius 2 is 1.58 bits per heavy atom. The highest BCUT2D eigenvalue weighted by atomic mass is 16.5. The molecule has 1 aromatic rings. The van der Waals surface area contributed by atoms with Crippen LogP contribution >= 0.6 is 0 Å². The average Bonchev–Trinajstić information content (AvgIpc) is 3.26. The third-order valence-electron chi connectivity index (χ3n) is 9.86. The summed E-state index contributed by atoms with van der Waals surface area (Å²) in [6.07, 6.45) is 5.18. The molecule has 4 aliphatic rings. The lowest BCUT2D eigenvalue weighted by atomic mass is 9.85. The highest BCUT2D eigenvalue weighted by Crippen LogP contribution is 2.36. The maximum Gasteiger partial charge on any atom is 0.409 e. The smallest absolute Gasteiger partial charge is 0.409 e. The van der Waals surface area contributed by atoms with Crippen molar-refractivity contribution in [1.82, 2.24) is 34.7 Å². The summed E-state index contributed by atoms with van der Waals surface area (Å²) in [6.45, 7) is 5.54. The number of hydrogen-bond acceptors (Lipinski definition) is 8. The lowest BCUT2D eigenvalue weighted by Crippen LogP contribution is -2.54. The molecule has 12 heteroatoms. The first-order valence-electron chi connectivity index (χ1n) is 16.2. The number of piperidine rings is 1. The third kappa shape index (κ3) is 7.34. The quantitative estimate of drug-likeness (QED) is 0.415. The number of fused-ring (bicyclic) bond motifs is 3. The number of piperazine rings is 1. The van der Waals surface area contributed by atoms with Crippen LogP contribution < -0.4 is 5.32 Å². The lowest BCUT2D eigenvalue weighted by molar-refractivity contribution is -0.125. The summed E-state index contributed by atoms with van der Waals surface area (Å²) in [6, 6.07) is 7.97. The van der Waals surface area contributed by atoms with Gasteiger partial charge < -0.3 is 24.8 Å². The first-order chi connectivity index (χ1) is 21.6. The van der Waals surface area contributed by atoms with Crippen molar-refractivity contribution in [2.45, 2.75) is 49.9 Å². The highest BCUT2D eigenvalue weighted by molar-refractivity contribution is 6.25. The van der Waals surface area contributed by atoms with Gasteiger partial charge in [0.15, 0.2) is 5.78 Å². The van der Waals surface area contributed by atoms with Crippen molar-refractivity contribution in [3.63, 3.8) is 0 Å². The molecular formula is C33H49N7O5. The van der Waals surface area contributed by atoms with Gasteiger partial charge in [0.2, 0.25) is 0 Å². The van der Waals surface area contributed by atoms with Crippen LogP contribution in [0.5, 0.6) is 0 Å². The van der Waals surface area contributed by atoms with Gasteiger partial charge in [0.1, 0.15) is 0 Å². The summed E-state index contributed by atoms with van der Waals surface area (Å²) in [4.78, 5) is 63.7. The molecule has 246 valence electrons. The Labute approximate surface area is 266 Å². The molecule has 1 aliphatic carbocycles. The number of likely N-dealkylation sites (N-methyl/N-ethyl adjacent to an activating group) is 1. The number of amides is 4. The van der Waals surface area contributed by atoms with Gasteiger partial charge in [-0.25, -0.2) is 9.59 Å². The van der Waals surface area contributed by atoms with Crippen molar-refractivity contribution >= 4 is 29.9 Å². The molecule has 45 heavy (non-hydrogen) atoms. The number of rotatable bonds is 9. The molecular weight excluding hydrogens is 574 g/mol. The van der Waals surface area contributed by atoms with Gasteiger partial charge in [-0.05, 0) is 57.0 Å². The van der Waals surface area contributed by atoms with Crippen LogP contribution in [0, 0.1) is 0 Å². The molecule has 5 rings (SSSR count). The molecule has 3 heterocycles. The zero-order valence-corrected chi connectivity index (χ0v) is 27.4. The Balaban J connectivity index is 1.13. The molecule has 0 aromatic heterocycles. The standard InChI is InChI=1S/C33H49N7O5/c1-35(2)29-27-9-7-6-8-23(27)20-28(30(29)41)31(42)34-24-21-25-10-11-26(22-24)40(25)19-18-39(33(44)45-5)17-14-37-12-15-38(16-13-37)32(43)36(3)4/h6-9,20,24-26,29H,10-19,21-22H2,1-5H3,(H,34,42). The Morgan fingerprint density at radius 3 is 2.20 bits per heavy atom. The van der Waals surface area contributed by atoms with Crippen molar-refractivity contribution in [3.8, 4) is 0 Å². The van der Waals surface area contributed by atoms with E-state index in [9.17, 15) is 19.2 Å². The molecule has 0 radical (unpaired) electrons. The van der Waals surface area contributed by atoms with E-state index in [0.717, 1.165) is 63.0 Å². The molecule has 12 nitrogen and oxygen atoms in total. The first-order valence-corrected chi connectivity index (χ1v) is 16.2. The number of carbonyl (C=O) groups excluding carboxylic acids is 4. The Morgan fingerprint density at radius 1 is 0.933 bits per heavy atom. The number of ether oxygens (including phenoxy) is 1. The number of methoxy groups -OCH3 is 1. The van der Waals surface area contributed by atoms with Gasteiger partial charge in [0.25, 0.3) is 5.91 Å². The van der Waals surface area contributed by atoms with E-state index in [1.54, 1.807) is 30.0 Å². The summed E-state index contributed by atoms with van der Waals surface area (Å²) in [5.41, 5.74) is 2.06. The van der Waals surface area contributed by atoms with Crippen LogP contribution in [0.15, 0.2) is 29.8 Å². The number of Topliss-reactive ketones (excluding diaryl/α,β-unsaturated/α-hetero) is 1. The van der Waals surface area contributed by atoms with Crippen LogP contribution in [0.2, 0.25) is 0 Å². The second-order valence-electron chi connectivity index (χ2n) is 13.1. The van der Waals surface area contributed by atoms with E-state index in [-0.39, 0.29) is 35.4 Å². The van der Waals surface area contributed by atoms with E-state index in [2.05, 4.69) is 15.1 Å². The van der Waals surface area contributed by atoms with Crippen LogP contribution in [-0.4, -0.2) is 159 Å². The van der Waals surface area contributed by atoms with E-state index >= 15 is 0 Å². The maximum absolute atomic E-state index is 13.5. The number of benzene rings is 1. The number of nitrogens with one attached hydrogen (secondary N) is 1. The minimum absolute atomic E-state index is 0.00433. The van der Waals surface area contributed by atoms with Crippen molar-refractivity contribution in [3.05, 3.63) is 41.0 Å². The first kappa shape index (κ1) is 32.9. The zero-order chi connectivity index (χ0) is 32.2. The predicted octanol–water partition coefficient (Wildman–Crippen LogP) is 1.73. The molecule has 2 bridgehead atoms. The van der Waals surface area contributed by atoms with Gasteiger partial charge in [0, 0.05) is 84.6 Å². The second kappa shape index (κ2) is 14.3. The van der Waals surface area contributed by atoms with E-state index in [0.29, 0.717) is 38.3 Å². The molecule has 3 atom stereocenters. The third-order valence-corrected chi connectivity index (χ3v) is 9.86. The minimum Gasteiger partial charge on any atom is -0.453 e. The molecule has 0 saturated carbocycles. The number of ketones is 1. The molecule has 0 spiro atoms. The van der Waals surface area contributed by atoms with E-state index in [4.69, 9.17) is 4.74 Å². The van der Waals surface area contributed by atoms with Crippen LogP contribution in [0.1, 0.15) is 42.9 Å². The van der Waals surface area contributed by atoms with E-state index in [1.165, 1.54) is 7.11 Å². The fraction of sp³-hybridized carbons (Fsp3) is 0.636. The van der Waals surface area contributed by atoms with Crippen molar-refractivity contribution in [2.75, 3.05) is 87.7 Å². The molecule has 1 N–H and O–H groups in total. The van der Waals surface area contributed by atoms with Gasteiger partial charge >= 0.3 is 12.1 Å². The van der Waals surface area contributed by atoms with Crippen LogP contribution in [0.4, 0.5) is 9.59 Å². The SMILES string of the molecule is COC(=O)N(CCN1CCN(C(=O)N(C)C)CC1)CCN1C2CCC1CC(NC(=O)C1=Cc3ccccc3C(N(C)C)C1=O)C2. The Kier molecular flexibility index (Phi) is 10.5. The summed E-state index contributed by atoms with van der Waals surface area (Å²) < 4.78 is 5.12. The fourth-order valence-corrected chi connectivity index (χ4v) is 7.48. The van der Waals surface area contributed by atoms with Crippen LogP contribution in [0.3, 0.4) is 0 Å². The predicted molar refractivity (Wildman–Crippen MR) is 172 cm³/mol. The maximum atomic E-state index is 13.5. The summed E-state index contributed by atoms with van der Waals surface area (Å²) in [5.74, 6) is -0.452. The van der Waals surface area contributed by atoms with Gasteiger partial charge in [0.05, 0.1) is 18.7 Å². The van der Waals surface area contributed by atoms with E-state index < -0.39 is 6.04 Å². The Hall–Kier alpha value is -3.48. The number of urea groups is 1. The minimum atomic E-state index is -0.473. The number of nitrogens with zero attached hydrogens (tertiary/aromatic N) is 6. The van der Waals surface area contributed by atoms with Crippen LogP contribution in [-0.2, 0) is 14.3 Å². The zero-order valence-electron chi connectivity index (χ0n) is 27.4. The summed E-state index contributed by atoms with van der Waals surface area (Å²) in [5, 5.41) is 3.21. The largest absolute Gasteiger partial charge is 0.453 e. The summed E-state index contributed by atoms with van der Waals surface area (Å²) in [7, 11) is 8.69. The van der Waals surface area contributed by atoms with E-state index in [1.807, 2.05) is 48.2 Å². The normalized spacial score (nSPS) is 25.1. The van der Waals surface area contributed by atoms with Crippen molar-refractivity contribution < 1.29 is 23.9 Å². The van der Waals surface area contributed by atoms with Gasteiger partial charge in [-0.1, -0.05) is 24.3 Å². The Bertz CT molecular complexity index is 1280. The molecule has 3 fully saturated rings. The summed E-state index contributed by atoms with van der Waals surface area (Å²) >= 11 is 0. The van der Waals surface area contributed by atoms with Crippen molar-refractivity contribution in [2.24, 2.45) is 0 Å². The lowest BCUT2D eigenvalue weighted by Gasteiger charge is -2.40. The second-order valence-corrected chi connectivity index (χ2v) is 13.1. The molecule has 3 saturated heterocycles. The average molecular weight is 624 g/mol. The number of carbonyl (C=O) groups is 4. The van der Waals surface area contributed by atoms with Gasteiger partial charge in [-0.3, -0.25) is 24.3 Å². The van der Waals surface area contributed by atoms with Crippen LogP contribution in [0.25, 0.3) is 6.08 Å². The molecule has 3 unspecified atom stereocenters. The monoisotopic (exact) mass is 623 g/mol. The molecule has 1 aromatic carbocycles. The topological polar surface area (TPSA) is 109 Å². The fourth-order valence-electron chi connectivity index (χ4n) is 7.48. The van der Waals surface area contributed by atoms with Gasteiger partial charge in [-0.15, -0.1) is 0 Å². The highest BCUT2D eigenvalue weighted by Gasteiger charge is 2.42. The van der Waals surface area contributed by atoms with Crippen molar-refractivity contribution in [1.29, 1.82) is 0 Å². The number of hydrogen-bond donors (Lipinski definition) is 1. The van der Waals surface area contributed by atoms with Gasteiger partial charge in [-0.2, -0.15) is 0 Å². The molecule has 3 aliphatic heterocycles.